The van der Waals surface area contributed by atoms with Gasteiger partial charge in [-0.1, -0.05) is 11.6 Å². The molecule has 3 rings (SSSR count). The van der Waals surface area contributed by atoms with Crippen LogP contribution in [0.2, 0.25) is 5.02 Å². The largest absolute Gasteiger partial charge is 0.345 e. The smallest absolute Gasteiger partial charge is 0.254 e. The molecule has 24 heavy (non-hydrogen) atoms. The van der Waals surface area contributed by atoms with Gasteiger partial charge in [-0.3, -0.25) is 9.48 Å². The van der Waals surface area contributed by atoms with Crippen molar-refractivity contribution in [2.24, 2.45) is 7.05 Å². The SMILES string of the molecule is Cc1c(C(C)NC(=O)c2cnn(-c3ccc(Cl)cc3)c2)cnn1C. The van der Waals surface area contributed by atoms with Gasteiger partial charge < -0.3 is 5.32 Å². The Kier molecular flexibility index (Phi) is 4.40. The van der Waals surface area contributed by atoms with Crippen LogP contribution in [0.25, 0.3) is 5.69 Å². The van der Waals surface area contributed by atoms with E-state index in [4.69, 9.17) is 11.6 Å². The molecule has 0 radical (unpaired) electrons. The van der Waals surface area contributed by atoms with Crippen LogP contribution in [-0.4, -0.2) is 25.5 Å². The third kappa shape index (κ3) is 3.19. The van der Waals surface area contributed by atoms with Crippen LogP contribution in [0.3, 0.4) is 0 Å². The Balaban J connectivity index is 1.74. The number of hydrogen-bond donors (Lipinski definition) is 1. The predicted octanol–water partition coefficient (Wildman–Crippen LogP) is 3.06. The van der Waals surface area contributed by atoms with Crippen LogP contribution in [0, 0.1) is 6.92 Å². The highest BCUT2D eigenvalue weighted by Crippen LogP contribution is 2.17. The molecular weight excluding hydrogens is 326 g/mol. The molecule has 0 aliphatic heterocycles. The fraction of sp³-hybridized carbons (Fsp3) is 0.235. The van der Waals surface area contributed by atoms with E-state index >= 15 is 0 Å². The monoisotopic (exact) mass is 343 g/mol. The number of carbonyl (C=O) groups excluding carboxylic acids is 1. The molecule has 0 saturated carbocycles. The average molecular weight is 344 g/mol. The zero-order valence-corrected chi connectivity index (χ0v) is 14.4. The highest BCUT2D eigenvalue weighted by Gasteiger charge is 2.17. The lowest BCUT2D eigenvalue weighted by atomic mass is 10.1. The molecule has 1 N–H and O–H groups in total. The third-order valence-electron chi connectivity index (χ3n) is 4.02. The maximum Gasteiger partial charge on any atom is 0.254 e. The summed E-state index contributed by atoms with van der Waals surface area (Å²) >= 11 is 5.88. The number of nitrogens with zero attached hydrogens (tertiary/aromatic N) is 4. The molecule has 0 bridgehead atoms. The number of halogens is 1. The molecule has 1 aromatic carbocycles. The fourth-order valence-corrected chi connectivity index (χ4v) is 2.60. The van der Waals surface area contributed by atoms with Crippen molar-refractivity contribution < 1.29 is 4.79 Å². The van der Waals surface area contributed by atoms with Gasteiger partial charge in [0.1, 0.15) is 0 Å². The topological polar surface area (TPSA) is 64.7 Å². The van der Waals surface area contributed by atoms with Crippen LogP contribution < -0.4 is 5.32 Å². The first-order valence-corrected chi connectivity index (χ1v) is 7.93. The van der Waals surface area contributed by atoms with Crippen LogP contribution in [0.15, 0.2) is 42.9 Å². The van der Waals surface area contributed by atoms with Crippen molar-refractivity contribution in [2.45, 2.75) is 19.9 Å². The van der Waals surface area contributed by atoms with Crippen LogP contribution in [0.4, 0.5) is 0 Å². The maximum atomic E-state index is 12.4. The van der Waals surface area contributed by atoms with E-state index in [1.54, 1.807) is 40.1 Å². The highest BCUT2D eigenvalue weighted by atomic mass is 35.5. The molecule has 1 amide bonds. The molecule has 0 fully saturated rings. The van der Waals surface area contributed by atoms with Crippen LogP contribution in [-0.2, 0) is 7.05 Å². The minimum atomic E-state index is -0.175. The molecule has 1 atom stereocenters. The molecule has 2 aromatic heterocycles. The molecule has 3 aromatic rings. The van der Waals surface area contributed by atoms with Crippen molar-refractivity contribution in [3.8, 4) is 5.69 Å². The van der Waals surface area contributed by atoms with Gasteiger partial charge in [-0.25, -0.2) is 4.68 Å². The molecule has 0 spiro atoms. The van der Waals surface area contributed by atoms with Crippen molar-refractivity contribution >= 4 is 17.5 Å². The Morgan fingerprint density at radius 1 is 1.21 bits per heavy atom. The lowest BCUT2D eigenvalue weighted by Gasteiger charge is -2.12. The minimum absolute atomic E-state index is 0.134. The van der Waals surface area contributed by atoms with Gasteiger partial charge >= 0.3 is 0 Å². The maximum absolute atomic E-state index is 12.4. The number of amides is 1. The molecule has 7 heteroatoms. The van der Waals surface area contributed by atoms with Gasteiger partial charge in [0.25, 0.3) is 5.91 Å². The van der Waals surface area contributed by atoms with Gasteiger partial charge in [-0.2, -0.15) is 10.2 Å². The average Bonchev–Trinajstić information content (AvgIpc) is 3.16. The number of nitrogens with one attached hydrogen (secondary N) is 1. The number of benzene rings is 1. The van der Waals surface area contributed by atoms with Crippen LogP contribution >= 0.6 is 11.6 Å². The van der Waals surface area contributed by atoms with E-state index in [1.165, 1.54) is 0 Å². The Labute approximate surface area is 145 Å². The Bertz CT molecular complexity index is 865. The van der Waals surface area contributed by atoms with Crippen molar-refractivity contribution in [3.63, 3.8) is 0 Å². The highest BCUT2D eigenvalue weighted by molar-refractivity contribution is 6.30. The lowest BCUT2D eigenvalue weighted by Crippen LogP contribution is -2.26. The van der Waals surface area contributed by atoms with E-state index in [9.17, 15) is 4.79 Å². The summed E-state index contributed by atoms with van der Waals surface area (Å²) in [5.74, 6) is -0.175. The van der Waals surface area contributed by atoms with E-state index in [0.717, 1.165) is 16.9 Å². The summed E-state index contributed by atoms with van der Waals surface area (Å²) in [6.07, 6.45) is 5.02. The summed E-state index contributed by atoms with van der Waals surface area (Å²) in [4.78, 5) is 12.4. The zero-order valence-electron chi connectivity index (χ0n) is 13.7. The summed E-state index contributed by atoms with van der Waals surface area (Å²) < 4.78 is 3.43. The molecule has 6 nitrogen and oxygen atoms in total. The zero-order chi connectivity index (χ0) is 17.3. The molecule has 0 aliphatic rings. The second-order valence-corrected chi connectivity index (χ2v) is 6.09. The van der Waals surface area contributed by atoms with Crippen LogP contribution in [0.5, 0.6) is 0 Å². The number of carbonyl (C=O) groups is 1. The number of aryl methyl sites for hydroxylation is 1. The van der Waals surface area contributed by atoms with Crippen molar-refractivity contribution in [3.05, 3.63) is 64.7 Å². The Morgan fingerprint density at radius 3 is 2.54 bits per heavy atom. The van der Waals surface area contributed by atoms with Gasteiger partial charge in [0.2, 0.25) is 0 Å². The first-order valence-electron chi connectivity index (χ1n) is 7.55. The quantitative estimate of drug-likeness (QED) is 0.791. The summed E-state index contributed by atoms with van der Waals surface area (Å²) in [7, 11) is 1.88. The second-order valence-electron chi connectivity index (χ2n) is 5.65. The van der Waals surface area contributed by atoms with Crippen molar-refractivity contribution in [2.75, 3.05) is 0 Å². The summed E-state index contributed by atoms with van der Waals surface area (Å²) in [5, 5.41) is 12.1. The normalized spacial score (nSPS) is 12.2. The van der Waals surface area contributed by atoms with E-state index in [1.807, 2.05) is 33.0 Å². The Hall–Kier alpha value is -2.60. The van der Waals surface area contributed by atoms with Crippen molar-refractivity contribution in [1.82, 2.24) is 24.9 Å². The molecule has 1 unspecified atom stereocenters. The van der Waals surface area contributed by atoms with E-state index < -0.39 is 0 Å². The summed E-state index contributed by atoms with van der Waals surface area (Å²) in [5.41, 5.74) is 3.36. The van der Waals surface area contributed by atoms with E-state index in [0.29, 0.717) is 10.6 Å². The first-order chi connectivity index (χ1) is 11.5. The van der Waals surface area contributed by atoms with E-state index in [2.05, 4.69) is 15.5 Å². The minimum Gasteiger partial charge on any atom is -0.345 e. The summed E-state index contributed by atoms with van der Waals surface area (Å²) in [6.45, 7) is 3.91. The van der Waals surface area contributed by atoms with Gasteiger partial charge in [-0.15, -0.1) is 0 Å². The van der Waals surface area contributed by atoms with Gasteiger partial charge in [-0.05, 0) is 38.1 Å². The van der Waals surface area contributed by atoms with E-state index in [-0.39, 0.29) is 11.9 Å². The Morgan fingerprint density at radius 2 is 1.92 bits per heavy atom. The molecule has 0 saturated heterocycles. The summed E-state index contributed by atoms with van der Waals surface area (Å²) in [6, 6.07) is 7.12. The van der Waals surface area contributed by atoms with Gasteiger partial charge in [0.05, 0.1) is 29.7 Å². The molecule has 2 heterocycles. The third-order valence-corrected chi connectivity index (χ3v) is 4.28. The second kappa shape index (κ2) is 6.49. The first kappa shape index (κ1) is 16.3. The predicted molar refractivity (Wildman–Crippen MR) is 92.4 cm³/mol. The molecular formula is C17H18ClN5O. The fourth-order valence-electron chi connectivity index (χ4n) is 2.47. The molecule has 0 aliphatic carbocycles. The molecule has 124 valence electrons. The van der Waals surface area contributed by atoms with Gasteiger partial charge in [0, 0.05) is 29.5 Å². The number of hydrogen-bond acceptors (Lipinski definition) is 3. The lowest BCUT2D eigenvalue weighted by molar-refractivity contribution is 0.0940. The van der Waals surface area contributed by atoms with Crippen molar-refractivity contribution in [1.29, 1.82) is 0 Å². The van der Waals surface area contributed by atoms with Gasteiger partial charge in [0.15, 0.2) is 0 Å². The van der Waals surface area contributed by atoms with Crippen LogP contribution in [0.1, 0.15) is 34.6 Å². The number of rotatable bonds is 4. The standard InChI is InChI=1S/C17H18ClN5O/c1-11(16-9-19-22(3)12(16)2)21-17(24)13-8-20-23(10-13)15-6-4-14(18)5-7-15/h4-11H,1-3H3,(H,21,24). The number of aromatic nitrogens is 4.